The van der Waals surface area contributed by atoms with E-state index in [0.717, 1.165) is 38.2 Å². The van der Waals surface area contributed by atoms with E-state index in [2.05, 4.69) is 44.1 Å². The lowest BCUT2D eigenvalue weighted by Crippen LogP contribution is -2.23. The molecule has 0 bridgehead atoms. The van der Waals surface area contributed by atoms with Crippen molar-refractivity contribution in [3.63, 3.8) is 0 Å². The van der Waals surface area contributed by atoms with Crippen molar-refractivity contribution in [1.82, 2.24) is 10.3 Å². The van der Waals surface area contributed by atoms with E-state index in [4.69, 9.17) is 4.74 Å². The second kappa shape index (κ2) is 8.92. The first-order chi connectivity index (χ1) is 9.17. The highest BCUT2D eigenvalue weighted by Gasteiger charge is 2.13. The maximum atomic E-state index is 5.67. The Hall–Kier alpha value is -1.09. The summed E-state index contributed by atoms with van der Waals surface area (Å²) >= 11 is 0. The average molecular weight is 264 g/mol. The highest BCUT2D eigenvalue weighted by Crippen LogP contribution is 2.23. The molecular weight excluding hydrogens is 236 g/mol. The monoisotopic (exact) mass is 264 g/mol. The summed E-state index contributed by atoms with van der Waals surface area (Å²) < 4.78 is 5.67. The fourth-order valence-electron chi connectivity index (χ4n) is 2.05. The van der Waals surface area contributed by atoms with Crippen LogP contribution in [-0.2, 0) is 0 Å². The van der Waals surface area contributed by atoms with Gasteiger partial charge in [-0.1, -0.05) is 27.7 Å². The van der Waals surface area contributed by atoms with E-state index < -0.39 is 0 Å². The molecule has 0 aliphatic heterocycles. The van der Waals surface area contributed by atoms with Gasteiger partial charge in [0.25, 0.3) is 0 Å². The van der Waals surface area contributed by atoms with E-state index in [-0.39, 0.29) is 0 Å². The van der Waals surface area contributed by atoms with Gasteiger partial charge in [-0.25, -0.2) is 0 Å². The quantitative estimate of drug-likeness (QED) is 0.733. The molecule has 1 atom stereocenters. The standard InChI is InChI=1S/C16H28N2O/c1-5-7-18-16(9-13(3)4)14-10-15(12-17-11-14)19-8-6-2/h10-13,16,18H,5-9H2,1-4H3. The summed E-state index contributed by atoms with van der Waals surface area (Å²) in [6.45, 7) is 10.6. The van der Waals surface area contributed by atoms with Gasteiger partial charge in [-0.3, -0.25) is 4.98 Å². The number of aromatic nitrogens is 1. The maximum Gasteiger partial charge on any atom is 0.137 e. The lowest BCUT2D eigenvalue weighted by molar-refractivity contribution is 0.315. The molecule has 0 aliphatic rings. The normalized spacial score (nSPS) is 12.7. The number of rotatable bonds is 9. The highest BCUT2D eigenvalue weighted by molar-refractivity contribution is 5.26. The first kappa shape index (κ1) is 16.0. The number of ether oxygens (including phenoxy) is 1. The molecule has 1 heterocycles. The Balaban J connectivity index is 2.75. The molecule has 19 heavy (non-hydrogen) atoms. The van der Waals surface area contributed by atoms with Gasteiger partial charge in [-0.05, 0) is 43.4 Å². The van der Waals surface area contributed by atoms with E-state index in [1.54, 1.807) is 6.20 Å². The van der Waals surface area contributed by atoms with Crippen molar-refractivity contribution < 1.29 is 4.74 Å². The second-order valence-electron chi connectivity index (χ2n) is 5.44. The first-order valence-electron chi connectivity index (χ1n) is 7.48. The minimum absolute atomic E-state index is 0.373. The Kier molecular flexibility index (Phi) is 7.49. The van der Waals surface area contributed by atoms with E-state index in [0.29, 0.717) is 12.0 Å². The molecule has 0 amide bonds. The van der Waals surface area contributed by atoms with Crippen LogP contribution in [0.1, 0.15) is 58.6 Å². The predicted octanol–water partition coefficient (Wildman–Crippen LogP) is 3.96. The summed E-state index contributed by atoms with van der Waals surface area (Å²) in [5.41, 5.74) is 1.23. The average Bonchev–Trinajstić information content (AvgIpc) is 2.41. The molecule has 0 fully saturated rings. The van der Waals surface area contributed by atoms with Crippen LogP contribution in [0, 0.1) is 5.92 Å². The van der Waals surface area contributed by atoms with Gasteiger partial charge < -0.3 is 10.1 Å². The van der Waals surface area contributed by atoms with Crippen molar-refractivity contribution in [2.75, 3.05) is 13.2 Å². The molecule has 1 unspecified atom stereocenters. The molecule has 0 radical (unpaired) electrons. The Morgan fingerprint density at radius 1 is 1.21 bits per heavy atom. The zero-order chi connectivity index (χ0) is 14.1. The van der Waals surface area contributed by atoms with Gasteiger partial charge in [-0.2, -0.15) is 0 Å². The number of hydrogen-bond donors (Lipinski definition) is 1. The lowest BCUT2D eigenvalue weighted by Gasteiger charge is -2.21. The Bertz CT molecular complexity index is 352. The predicted molar refractivity (Wildman–Crippen MR) is 80.5 cm³/mol. The van der Waals surface area contributed by atoms with Crippen molar-refractivity contribution in [3.8, 4) is 5.75 Å². The van der Waals surface area contributed by atoms with Crippen LogP contribution in [0.5, 0.6) is 5.75 Å². The van der Waals surface area contributed by atoms with Crippen LogP contribution >= 0.6 is 0 Å². The van der Waals surface area contributed by atoms with Gasteiger partial charge in [0.15, 0.2) is 0 Å². The molecule has 1 aromatic rings. The van der Waals surface area contributed by atoms with Gasteiger partial charge >= 0.3 is 0 Å². The summed E-state index contributed by atoms with van der Waals surface area (Å²) in [4.78, 5) is 4.31. The molecule has 3 nitrogen and oxygen atoms in total. The summed E-state index contributed by atoms with van der Waals surface area (Å²) in [7, 11) is 0. The number of hydrogen-bond acceptors (Lipinski definition) is 3. The first-order valence-corrected chi connectivity index (χ1v) is 7.48. The topological polar surface area (TPSA) is 34.2 Å². The van der Waals surface area contributed by atoms with Crippen molar-refractivity contribution in [1.29, 1.82) is 0 Å². The third kappa shape index (κ3) is 6.06. The van der Waals surface area contributed by atoms with Gasteiger partial charge in [-0.15, -0.1) is 0 Å². The fraction of sp³-hybridized carbons (Fsp3) is 0.688. The van der Waals surface area contributed by atoms with Crippen LogP contribution in [-0.4, -0.2) is 18.1 Å². The van der Waals surface area contributed by atoms with Gasteiger partial charge in [0.05, 0.1) is 12.8 Å². The minimum atomic E-state index is 0.373. The molecule has 0 saturated heterocycles. The molecule has 1 rings (SSSR count). The summed E-state index contributed by atoms with van der Waals surface area (Å²) in [5, 5.41) is 3.60. The molecule has 1 aromatic heterocycles. The van der Waals surface area contributed by atoms with Crippen molar-refractivity contribution in [2.45, 2.75) is 53.0 Å². The zero-order valence-corrected chi connectivity index (χ0v) is 12.8. The van der Waals surface area contributed by atoms with Crippen LogP contribution in [0.4, 0.5) is 0 Å². The van der Waals surface area contributed by atoms with Gasteiger partial charge in [0.2, 0.25) is 0 Å². The Morgan fingerprint density at radius 3 is 2.63 bits per heavy atom. The summed E-state index contributed by atoms with van der Waals surface area (Å²) in [6, 6.07) is 2.50. The van der Waals surface area contributed by atoms with E-state index in [1.807, 2.05) is 6.20 Å². The molecular formula is C16H28N2O. The Morgan fingerprint density at radius 2 is 2.00 bits per heavy atom. The third-order valence-corrected chi connectivity index (χ3v) is 2.96. The lowest BCUT2D eigenvalue weighted by atomic mass is 9.98. The smallest absolute Gasteiger partial charge is 0.137 e. The van der Waals surface area contributed by atoms with Crippen LogP contribution in [0.25, 0.3) is 0 Å². The number of pyridine rings is 1. The Labute approximate surface area is 117 Å². The number of nitrogens with zero attached hydrogens (tertiary/aromatic N) is 1. The number of nitrogens with one attached hydrogen (secondary N) is 1. The molecule has 0 saturated carbocycles. The largest absolute Gasteiger partial charge is 0.492 e. The summed E-state index contributed by atoms with van der Waals surface area (Å²) in [6.07, 6.45) is 7.04. The minimum Gasteiger partial charge on any atom is -0.492 e. The van der Waals surface area contributed by atoms with Crippen molar-refractivity contribution >= 4 is 0 Å². The summed E-state index contributed by atoms with van der Waals surface area (Å²) in [5.74, 6) is 1.54. The molecule has 108 valence electrons. The van der Waals surface area contributed by atoms with Crippen LogP contribution in [0.15, 0.2) is 18.5 Å². The van der Waals surface area contributed by atoms with E-state index in [1.165, 1.54) is 5.56 Å². The zero-order valence-electron chi connectivity index (χ0n) is 12.8. The fourth-order valence-corrected chi connectivity index (χ4v) is 2.05. The van der Waals surface area contributed by atoms with Crippen molar-refractivity contribution in [2.24, 2.45) is 5.92 Å². The second-order valence-corrected chi connectivity index (χ2v) is 5.44. The maximum absolute atomic E-state index is 5.67. The van der Waals surface area contributed by atoms with E-state index in [9.17, 15) is 0 Å². The van der Waals surface area contributed by atoms with Crippen LogP contribution in [0.2, 0.25) is 0 Å². The molecule has 1 N–H and O–H groups in total. The van der Waals surface area contributed by atoms with E-state index >= 15 is 0 Å². The molecule has 0 aromatic carbocycles. The molecule has 0 spiro atoms. The SMILES string of the molecule is CCCNC(CC(C)C)c1cncc(OCCC)c1. The van der Waals surface area contributed by atoms with Crippen LogP contribution < -0.4 is 10.1 Å². The molecule has 3 heteroatoms. The van der Waals surface area contributed by atoms with Crippen LogP contribution in [0.3, 0.4) is 0 Å². The highest BCUT2D eigenvalue weighted by atomic mass is 16.5. The molecule has 0 aliphatic carbocycles. The third-order valence-electron chi connectivity index (χ3n) is 2.96. The van der Waals surface area contributed by atoms with Gasteiger partial charge in [0, 0.05) is 12.2 Å². The van der Waals surface area contributed by atoms with Gasteiger partial charge in [0.1, 0.15) is 5.75 Å². The van der Waals surface area contributed by atoms with Crippen molar-refractivity contribution in [3.05, 3.63) is 24.0 Å².